The summed E-state index contributed by atoms with van der Waals surface area (Å²) < 4.78 is 5.41. The van der Waals surface area contributed by atoms with Crippen molar-refractivity contribution in [2.45, 2.75) is 31.1 Å². The molecule has 4 heteroatoms. The van der Waals surface area contributed by atoms with Crippen molar-refractivity contribution in [3.05, 3.63) is 28.8 Å². The van der Waals surface area contributed by atoms with Crippen LogP contribution in [0, 0.1) is 5.92 Å². The fourth-order valence-corrected chi connectivity index (χ4v) is 3.41. The van der Waals surface area contributed by atoms with Crippen LogP contribution in [0.2, 0.25) is 5.02 Å². The van der Waals surface area contributed by atoms with E-state index >= 15 is 0 Å². The second-order valence-electron chi connectivity index (χ2n) is 5.25. The molecule has 1 aromatic rings. The lowest BCUT2D eigenvalue weighted by Crippen LogP contribution is -2.35. The monoisotopic (exact) mass is 345 g/mol. The van der Waals surface area contributed by atoms with Gasteiger partial charge in [-0.25, -0.2) is 0 Å². The Hall–Kier alpha value is -0.250. The highest BCUT2D eigenvalue weighted by molar-refractivity contribution is 9.09. The van der Waals surface area contributed by atoms with Crippen LogP contribution in [0.4, 0.5) is 0 Å². The van der Waals surface area contributed by atoms with E-state index in [-0.39, 0.29) is 0 Å². The maximum Gasteiger partial charge on any atom is 0.123 e. The van der Waals surface area contributed by atoms with Crippen LogP contribution in [0.5, 0.6) is 5.75 Å². The molecule has 0 N–H and O–H groups in total. The fraction of sp³-hybridized carbons (Fsp3) is 0.600. The van der Waals surface area contributed by atoms with Crippen molar-refractivity contribution in [3.8, 4) is 5.75 Å². The summed E-state index contributed by atoms with van der Waals surface area (Å²) >= 11 is 9.77. The van der Waals surface area contributed by atoms with Gasteiger partial charge in [-0.05, 0) is 50.0 Å². The number of likely N-dealkylation sites (tertiary alicyclic amines) is 1. The highest BCUT2D eigenvalue weighted by atomic mass is 79.9. The van der Waals surface area contributed by atoms with Crippen LogP contribution in [-0.2, 0) is 6.54 Å². The van der Waals surface area contributed by atoms with Crippen molar-refractivity contribution < 1.29 is 4.74 Å². The van der Waals surface area contributed by atoms with Crippen LogP contribution in [0.15, 0.2) is 18.2 Å². The predicted octanol–water partition coefficient (Wildman–Crippen LogP) is 4.34. The summed E-state index contributed by atoms with van der Waals surface area (Å²) in [5.41, 5.74) is 1.18. The summed E-state index contributed by atoms with van der Waals surface area (Å²) in [5.74, 6) is 1.73. The first-order chi connectivity index (χ1) is 9.10. The molecule has 19 heavy (non-hydrogen) atoms. The normalized spacial score (nSPS) is 19.4. The molecule has 1 atom stereocenters. The highest BCUT2D eigenvalue weighted by Crippen LogP contribution is 2.28. The molecule has 0 amide bonds. The van der Waals surface area contributed by atoms with Crippen LogP contribution in [0.3, 0.4) is 0 Å². The first-order valence-corrected chi connectivity index (χ1v) is 8.08. The number of alkyl halides is 1. The number of halogens is 2. The maximum absolute atomic E-state index is 6.08. The van der Waals surface area contributed by atoms with Gasteiger partial charge in [-0.2, -0.15) is 0 Å². The van der Waals surface area contributed by atoms with Crippen LogP contribution in [0.1, 0.15) is 25.3 Å². The summed E-state index contributed by atoms with van der Waals surface area (Å²) in [6.45, 7) is 5.47. The molecule has 1 aromatic carbocycles. The third-order valence-electron chi connectivity index (χ3n) is 3.92. The molecule has 1 saturated heterocycles. The van der Waals surface area contributed by atoms with E-state index in [9.17, 15) is 0 Å². The minimum atomic E-state index is 0.621. The standard InChI is InChI=1S/C15H21BrClNO/c1-11(16)12-5-7-18(8-6-12)10-13-9-14(17)3-4-15(13)19-2/h3-4,9,11-12H,5-8,10H2,1-2H3. The third kappa shape index (κ3) is 4.11. The van der Waals surface area contributed by atoms with E-state index in [0.29, 0.717) is 4.83 Å². The molecule has 1 heterocycles. The quantitative estimate of drug-likeness (QED) is 0.752. The lowest BCUT2D eigenvalue weighted by Gasteiger charge is -2.33. The van der Waals surface area contributed by atoms with Crippen LogP contribution in [0.25, 0.3) is 0 Å². The van der Waals surface area contributed by atoms with Crippen LogP contribution in [-0.4, -0.2) is 29.9 Å². The Bertz CT molecular complexity index is 417. The third-order valence-corrected chi connectivity index (χ3v) is 4.90. The fourth-order valence-electron chi connectivity index (χ4n) is 2.68. The zero-order chi connectivity index (χ0) is 13.8. The number of hydrogen-bond acceptors (Lipinski definition) is 2. The number of piperidine rings is 1. The molecule has 106 valence electrons. The van der Waals surface area contributed by atoms with Gasteiger partial charge < -0.3 is 4.74 Å². The van der Waals surface area contributed by atoms with Gasteiger partial charge in [0.2, 0.25) is 0 Å². The van der Waals surface area contributed by atoms with Gasteiger partial charge in [0.05, 0.1) is 7.11 Å². The second kappa shape index (κ2) is 6.96. The average Bonchev–Trinajstić information content (AvgIpc) is 2.39. The van der Waals surface area contributed by atoms with E-state index in [1.165, 1.54) is 18.4 Å². The number of hydrogen-bond donors (Lipinski definition) is 0. The van der Waals surface area contributed by atoms with E-state index in [1.807, 2.05) is 18.2 Å². The Balaban J connectivity index is 1.97. The molecule has 1 aliphatic rings. The van der Waals surface area contributed by atoms with E-state index in [2.05, 4.69) is 27.8 Å². The van der Waals surface area contributed by atoms with Crippen LogP contribution < -0.4 is 4.74 Å². The Morgan fingerprint density at radius 3 is 2.68 bits per heavy atom. The summed E-state index contributed by atoms with van der Waals surface area (Å²) in [4.78, 5) is 3.11. The number of benzene rings is 1. The molecule has 0 bridgehead atoms. The summed E-state index contributed by atoms with van der Waals surface area (Å²) in [6, 6.07) is 5.84. The summed E-state index contributed by atoms with van der Waals surface area (Å²) in [7, 11) is 1.71. The Morgan fingerprint density at radius 1 is 1.42 bits per heavy atom. The first-order valence-electron chi connectivity index (χ1n) is 6.79. The first kappa shape index (κ1) is 15.1. The number of ether oxygens (including phenoxy) is 1. The van der Waals surface area contributed by atoms with E-state index < -0.39 is 0 Å². The lowest BCUT2D eigenvalue weighted by atomic mass is 9.94. The van der Waals surface area contributed by atoms with E-state index in [4.69, 9.17) is 16.3 Å². The van der Waals surface area contributed by atoms with Crippen molar-refractivity contribution in [1.29, 1.82) is 0 Å². The van der Waals surface area contributed by atoms with Gasteiger partial charge >= 0.3 is 0 Å². The van der Waals surface area contributed by atoms with Crippen molar-refractivity contribution in [2.75, 3.05) is 20.2 Å². The zero-order valence-corrected chi connectivity index (χ0v) is 13.9. The molecule has 0 aliphatic carbocycles. The van der Waals surface area contributed by atoms with Gasteiger partial charge in [0, 0.05) is 22.0 Å². The number of nitrogens with zero attached hydrogens (tertiary/aromatic N) is 1. The molecule has 2 nitrogen and oxygen atoms in total. The minimum absolute atomic E-state index is 0.621. The van der Waals surface area contributed by atoms with Gasteiger partial charge in [0.25, 0.3) is 0 Å². The largest absolute Gasteiger partial charge is 0.496 e. The van der Waals surface area contributed by atoms with Gasteiger partial charge in [-0.1, -0.05) is 34.5 Å². The molecule has 0 aromatic heterocycles. The maximum atomic E-state index is 6.08. The van der Waals surface area contributed by atoms with Gasteiger partial charge in [0.1, 0.15) is 5.75 Å². The molecule has 0 spiro atoms. The van der Waals surface area contributed by atoms with Gasteiger partial charge in [0.15, 0.2) is 0 Å². The highest BCUT2D eigenvalue weighted by Gasteiger charge is 2.22. The van der Waals surface area contributed by atoms with Gasteiger partial charge in [-0.3, -0.25) is 4.90 Å². The Labute approximate surface area is 129 Å². The average molecular weight is 347 g/mol. The van der Waals surface area contributed by atoms with Crippen LogP contribution >= 0.6 is 27.5 Å². The number of rotatable bonds is 4. The van der Waals surface area contributed by atoms with E-state index in [0.717, 1.165) is 36.3 Å². The SMILES string of the molecule is COc1ccc(Cl)cc1CN1CCC(C(C)Br)CC1. The summed E-state index contributed by atoms with van der Waals surface area (Å²) in [5, 5.41) is 0.778. The van der Waals surface area contributed by atoms with Crippen molar-refractivity contribution in [1.82, 2.24) is 4.90 Å². The molecule has 1 fully saturated rings. The number of methoxy groups -OCH3 is 1. The van der Waals surface area contributed by atoms with E-state index in [1.54, 1.807) is 7.11 Å². The molecule has 1 unspecified atom stereocenters. The topological polar surface area (TPSA) is 12.5 Å². The molecule has 1 aliphatic heterocycles. The molecule has 0 radical (unpaired) electrons. The Kier molecular flexibility index (Phi) is 5.55. The predicted molar refractivity (Wildman–Crippen MR) is 84.4 cm³/mol. The smallest absolute Gasteiger partial charge is 0.123 e. The molecular weight excluding hydrogens is 326 g/mol. The minimum Gasteiger partial charge on any atom is -0.496 e. The van der Waals surface area contributed by atoms with Gasteiger partial charge in [-0.15, -0.1) is 0 Å². The molecular formula is C15H21BrClNO. The van der Waals surface area contributed by atoms with Crippen molar-refractivity contribution in [3.63, 3.8) is 0 Å². The second-order valence-corrected chi connectivity index (χ2v) is 7.13. The molecule has 0 saturated carbocycles. The van der Waals surface area contributed by atoms with Crippen molar-refractivity contribution >= 4 is 27.5 Å². The lowest BCUT2D eigenvalue weighted by molar-refractivity contribution is 0.176. The molecule has 2 rings (SSSR count). The van der Waals surface area contributed by atoms with Crippen molar-refractivity contribution in [2.24, 2.45) is 5.92 Å². The summed E-state index contributed by atoms with van der Waals surface area (Å²) in [6.07, 6.45) is 2.52. The Morgan fingerprint density at radius 2 is 2.11 bits per heavy atom. The zero-order valence-electron chi connectivity index (χ0n) is 11.5.